The smallest absolute Gasteiger partial charge is 0.267 e. The number of rotatable bonds is 5. The number of nitrogens with one attached hydrogen (secondary N) is 1. The average Bonchev–Trinajstić information content (AvgIpc) is 3.30. The highest BCUT2D eigenvalue weighted by Gasteiger charge is 2.24. The van der Waals surface area contributed by atoms with Gasteiger partial charge < -0.3 is 16.0 Å². The molecule has 1 aromatic heterocycles. The van der Waals surface area contributed by atoms with Crippen molar-refractivity contribution in [1.29, 1.82) is 0 Å². The van der Waals surface area contributed by atoms with Crippen LogP contribution in [-0.2, 0) is 0 Å². The molecule has 0 radical (unpaired) electrons. The largest absolute Gasteiger partial charge is 0.371 e. The summed E-state index contributed by atoms with van der Waals surface area (Å²) in [6.07, 6.45) is 6.77. The lowest BCUT2D eigenvalue weighted by atomic mass is 9.96. The Kier molecular flexibility index (Phi) is 3.87. The first kappa shape index (κ1) is 13.4. The molecule has 3 rings (SSSR count). The summed E-state index contributed by atoms with van der Waals surface area (Å²) in [6.45, 7) is 3.24. The van der Waals surface area contributed by atoms with Crippen molar-refractivity contribution in [2.45, 2.75) is 31.7 Å². The highest BCUT2D eigenvalue weighted by atomic mass is 16.1. The molecule has 5 heteroatoms. The fourth-order valence-corrected chi connectivity index (χ4v) is 2.77. The molecule has 1 aliphatic carbocycles. The number of hydrogen-bond acceptors (Lipinski definition) is 4. The molecule has 1 aliphatic heterocycles. The van der Waals surface area contributed by atoms with Gasteiger partial charge in [-0.25, -0.2) is 0 Å². The van der Waals surface area contributed by atoms with E-state index in [1.165, 1.54) is 25.7 Å². The monoisotopic (exact) mass is 274 g/mol. The molecule has 2 heterocycles. The van der Waals surface area contributed by atoms with Crippen LogP contribution >= 0.6 is 0 Å². The van der Waals surface area contributed by atoms with Crippen molar-refractivity contribution < 1.29 is 4.79 Å². The van der Waals surface area contributed by atoms with Gasteiger partial charge in [-0.1, -0.05) is 0 Å². The van der Waals surface area contributed by atoms with Crippen LogP contribution in [-0.4, -0.2) is 36.6 Å². The van der Waals surface area contributed by atoms with E-state index in [0.717, 1.165) is 37.3 Å². The molecule has 2 aliphatic rings. The number of amides is 1. The van der Waals surface area contributed by atoms with Gasteiger partial charge in [-0.2, -0.15) is 0 Å². The number of nitrogens with two attached hydrogens (primary N) is 1. The van der Waals surface area contributed by atoms with Gasteiger partial charge in [0.05, 0.1) is 0 Å². The minimum absolute atomic E-state index is 0.347. The van der Waals surface area contributed by atoms with Gasteiger partial charge in [0.1, 0.15) is 5.69 Å². The molecular weight excluding hydrogens is 252 g/mol. The molecule has 2 fully saturated rings. The second kappa shape index (κ2) is 5.79. The van der Waals surface area contributed by atoms with E-state index >= 15 is 0 Å². The molecule has 0 atom stereocenters. The Hall–Kier alpha value is -1.62. The van der Waals surface area contributed by atoms with Crippen LogP contribution in [0.15, 0.2) is 18.3 Å². The fraction of sp³-hybridized carbons (Fsp3) is 0.600. The molecule has 0 aromatic carbocycles. The zero-order valence-electron chi connectivity index (χ0n) is 11.7. The predicted octanol–water partition coefficient (Wildman–Crippen LogP) is 1.15. The van der Waals surface area contributed by atoms with Crippen LogP contribution in [0.4, 0.5) is 5.69 Å². The lowest BCUT2D eigenvalue weighted by Gasteiger charge is -2.33. The molecule has 1 saturated heterocycles. The van der Waals surface area contributed by atoms with Crippen molar-refractivity contribution >= 4 is 11.6 Å². The Morgan fingerprint density at radius 3 is 2.75 bits per heavy atom. The van der Waals surface area contributed by atoms with Crippen molar-refractivity contribution in [2.24, 2.45) is 11.7 Å². The third-order valence-corrected chi connectivity index (χ3v) is 4.25. The number of primary amides is 1. The van der Waals surface area contributed by atoms with Crippen LogP contribution in [0.3, 0.4) is 0 Å². The van der Waals surface area contributed by atoms with Gasteiger partial charge in [0.25, 0.3) is 5.91 Å². The molecular formula is C15H22N4O. The van der Waals surface area contributed by atoms with Gasteiger partial charge in [0, 0.05) is 31.0 Å². The number of pyridine rings is 1. The summed E-state index contributed by atoms with van der Waals surface area (Å²) in [5.74, 6) is 0.319. The Balaban J connectivity index is 1.54. The summed E-state index contributed by atoms with van der Waals surface area (Å²) in [6, 6.07) is 4.55. The zero-order chi connectivity index (χ0) is 13.9. The van der Waals surface area contributed by atoms with E-state index < -0.39 is 5.91 Å². The van der Waals surface area contributed by atoms with Crippen LogP contribution in [0.2, 0.25) is 0 Å². The van der Waals surface area contributed by atoms with Crippen LogP contribution < -0.4 is 16.0 Å². The fourth-order valence-electron chi connectivity index (χ4n) is 2.77. The van der Waals surface area contributed by atoms with Crippen LogP contribution in [0.25, 0.3) is 0 Å². The summed E-state index contributed by atoms with van der Waals surface area (Å²) < 4.78 is 0. The molecule has 0 unspecified atom stereocenters. The maximum Gasteiger partial charge on any atom is 0.267 e. The van der Waals surface area contributed by atoms with Crippen molar-refractivity contribution in [1.82, 2.24) is 10.3 Å². The number of hydrogen-bond donors (Lipinski definition) is 2. The van der Waals surface area contributed by atoms with E-state index in [4.69, 9.17) is 5.73 Å². The van der Waals surface area contributed by atoms with Crippen LogP contribution in [0.1, 0.15) is 36.2 Å². The number of nitrogens with zero attached hydrogens (tertiary/aromatic N) is 2. The van der Waals surface area contributed by atoms with Gasteiger partial charge in [0.2, 0.25) is 0 Å². The minimum Gasteiger partial charge on any atom is -0.371 e. The number of piperidine rings is 1. The molecule has 1 saturated carbocycles. The lowest BCUT2D eigenvalue weighted by Crippen LogP contribution is -2.37. The van der Waals surface area contributed by atoms with Crippen molar-refractivity contribution in [2.75, 3.05) is 24.5 Å². The van der Waals surface area contributed by atoms with Crippen LogP contribution in [0.5, 0.6) is 0 Å². The first-order chi connectivity index (χ1) is 9.72. The molecule has 1 aromatic rings. The summed E-state index contributed by atoms with van der Waals surface area (Å²) >= 11 is 0. The van der Waals surface area contributed by atoms with Gasteiger partial charge in [0.15, 0.2) is 0 Å². The summed E-state index contributed by atoms with van der Waals surface area (Å²) in [5, 5.41) is 3.62. The quantitative estimate of drug-likeness (QED) is 0.845. The van der Waals surface area contributed by atoms with Gasteiger partial charge in [-0.05, 0) is 50.3 Å². The first-order valence-corrected chi connectivity index (χ1v) is 7.46. The van der Waals surface area contributed by atoms with E-state index in [-0.39, 0.29) is 0 Å². The molecule has 0 bridgehead atoms. The topological polar surface area (TPSA) is 71.2 Å². The number of carbonyl (C=O) groups is 1. The first-order valence-electron chi connectivity index (χ1n) is 7.46. The van der Waals surface area contributed by atoms with E-state index in [1.807, 2.05) is 6.07 Å². The van der Waals surface area contributed by atoms with Crippen molar-refractivity contribution in [3.05, 3.63) is 24.0 Å². The molecule has 1 amide bonds. The normalized spacial score (nSPS) is 20.1. The Morgan fingerprint density at radius 1 is 1.35 bits per heavy atom. The summed E-state index contributed by atoms with van der Waals surface area (Å²) in [5.41, 5.74) is 6.68. The SMILES string of the molecule is NC(=O)c1cc(N2CCC(CNC3CC3)CC2)ccn1. The second-order valence-corrected chi connectivity index (χ2v) is 5.88. The highest BCUT2D eigenvalue weighted by Crippen LogP contribution is 2.24. The summed E-state index contributed by atoms with van der Waals surface area (Å²) in [7, 11) is 0. The lowest BCUT2D eigenvalue weighted by molar-refractivity contribution is 0.0995. The van der Waals surface area contributed by atoms with Crippen molar-refractivity contribution in [3.63, 3.8) is 0 Å². The highest BCUT2D eigenvalue weighted by molar-refractivity contribution is 5.91. The molecule has 108 valence electrons. The third kappa shape index (κ3) is 3.28. The van der Waals surface area contributed by atoms with Gasteiger partial charge >= 0.3 is 0 Å². The maximum absolute atomic E-state index is 11.2. The predicted molar refractivity (Wildman–Crippen MR) is 78.7 cm³/mol. The molecule has 0 spiro atoms. The Morgan fingerprint density at radius 2 is 2.10 bits per heavy atom. The van der Waals surface area contributed by atoms with E-state index in [1.54, 1.807) is 12.3 Å². The van der Waals surface area contributed by atoms with Gasteiger partial charge in [-0.15, -0.1) is 0 Å². The van der Waals surface area contributed by atoms with Crippen molar-refractivity contribution in [3.8, 4) is 0 Å². The minimum atomic E-state index is -0.463. The third-order valence-electron chi connectivity index (χ3n) is 4.25. The zero-order valence-corrected chi connectivity index (χ0v) is 11.7. The average molecular weight is 274 g/mol. The number of anilines is 1. The molecule has 20 heavy (non-hydrogen) atoms. The van der Waals surface area contributed by atoms with E-state index in [0.29, 0.717) is 5.69 Å². The molecule has 5 nitrogen and oxygen atoms in total. The Bertz CT molecular complexity index is 479. The standard InChI is InChI=1S/C15H22N4O/c16-15(20)14-9-13(3-6-17-14)19-7-4-11(5-8-19)10-18-12-1-2-12/h3,6,9,11-12,18H,1-2,4-5,7-8,10H2,(H2,16,20). The van der Waals surface area contributed by atoms with Crippen LogP contribution in [0, 0.1) is 5.92 Å². The maximum atomic E-state index is 11.2. The Labute approximate surface area is 119 Å². The summed E-state index contributed by atoms with van der Waals surface area (Å²) in [4.78, 5) is 17.5. The van der Waals surface area contributed by atoms with E-state index in [2.05, 4.69) is 15.2 Å². The number of aromatic nitrogens is 1. The van der Waals surface area contributed by atoms with Gasteiger partial charge in [-0.3, -0.25) is 9.78 Å². The number of carbonyl (C=O) groups excluding carboxylic acids is 1. The molecule has 3 N–H and O–H groups in total. The second-order valence-electron chi connectivity index (χ2n) is 5.88. The van der Waals surface area contributed by atoms with E-state index in [9.17, 15) is 4.79 Å².